The lowest BCUT2D eigenvalue weighted by Crippen LogP contribution is -2.70. The molecule has 8 nitrogen and oxygen atoms in total. The van der Waals surface area contributed by atoms with Crippen LogP contribution in [0.2, 0.25) is 0 Å². The van der Waals surface area contributed by atoms with Crippen molar-refractivity contribution >= 4 is 47.0 Å². The number of hydrogen-bond acceptors (Lipinski definition) is 7. The summed E-state index contributed by atoms with van der Waals surface area (Å²) >= 11 is 2.70. The number of nitrogens with one attached hydrogen (secondary N) is 2. The van der Waals surface area contributed by atoms with Gasteiger partial charge in [-0.15, -0.1) is 11.8 Å². The van der Waals surface area contributed by atoms with E-state index in [1.165, 1.54) is 28.4 Å². The number of carbonyl (C=O) groups is 3. The Morgan fingerprint density at radius 3 is 2.56 bits per heavy atom. The van der Waals surface area contributed by atoms with Gasteiger partial charge in [0.25, 0.3) is 5.91 Å². The van der Waals surface area contributed by atoms with Crippen molar-refractivity contribution in [2.24, 2.45) is 0 Å². The molecule has 2 aromatic rings. The number of hydrogen-bond donors (Lipinski definition) is 3. The molecule has 1 fully saturated rings. The Balaban J connectivity index is 1.46. The average Bonchev–Trinajstić information content (AvgIpc) is 2.79. The number of β-lactam (4-membered cyclic amide) rings is 1. The van der Waals surface area contributed by atoms with E-state index in [-0.39, 0.29) is 18.0 Å². The van der Waals surface area contributed by atoms with Gasteiger partial charge in [0.15, 0.2) is 6.19 Å². The minimum absolute atomic E-state index is 0.0449. The Kier molecular flexibility index (Phi) is 6.39. The average molecular weight is 467 g/mol. The van der Waals surface area contributed by atoms with Crippen LogP contribution in [-0.2, 0) is 20.8 Å². The number of nitriles is 1. The number of anilines is 1. The van der Waals surface area contributed by atoms with Crippen LogP contribution >= 0.6 is 23.5 Å². The highest BCUT2D eigenvalue weighted by Crippen LogP contribution is 2.45. The van der Waals surface area contributed by atoms with Crippen LogP contribution in [0, 0.1) is 11.5 Å². The van der Waals surface area contributed by atoms with Gasteiger partial charge in [0.05, 0.1) is 6.42 Å². The standard InChI is InChI=1S/C22H18N4O4S2/c23-12-24-14-6-8-15(9-7-14)32-16-11-31-21-18(20(28)26(21)19(16)22(29)30)25-17(27)10-13-4-2-1-3-5-13/h1-9,18,21,24H,10-11H2,(H,25,27)(H,29,30)/t18-,21-/m1/s1. The zero-order chi connectivity index (χ0) is 22.7. The number of amides is 2. The number of thioether (sulfide) groups is 2. The summed E-state index contributed by atoms with van der Waals surface area (Å²) in [7, 11) is 0. The minimum Gasteiger partial charge on any atom is -0.477 e. The van der Waals surface area contributed by atoms with E-state index in [9.17, 15) is 19.5 Å². The third-order valence-electron chi connectivity index (χ3n) is 4.96. The lowest BCUT2D eigenvalue weighted by molar-refractivity contribution is -0.150. The smallest absolute Gasteiger partial charge is 0.353 e. The molecule has 3 N–H and O–H groups in total. The largest absolute Gasteiger partial charge is 0.477 e. The number of carboxylic acids is 1. The van der Waals surface area contributed by atoms with Crippen molar-refractivity contribution in [3.8, 4) is 6.19 Å². The number of rotatable bonds is 7. The molecule has 0 unspecified atom stereocenters. The number of benzene rings is 2. The van der Waals surface area contributed by atoms with E-state index in [2.05, 4.69) is 10.6 Å². The van der Waals surface area contributed by atoms with Crippen LogP contribution in [0.25, 0.3) is 0 Å². The molecule has 2 aromatic carbocycles. The molecular formula is C22H18N4O4S2. The van der Waals surface area contributed by atoms with Crippen LogP contribution in [0.1, 0.15) is 5.56 Å². The monoisotopic (exact) mass is 466 g/mol. The fourth-order valence-electron chi connectivity index (χ4n) is 3.49. The van der Waals surface area contributed by atoms with Gasteiger partial charge in [-0.25, -0.2) is 4.79 Å². The van der Waals surface area contributed by atoms with E-state index in [1.807, 2.05) is 36.5 Å². The molecule has 2 aliphatic rings. The number of carboxylic acid groups (broad SMARTS) is 1. The van der Waals surface area contributed by atoms with E-state index >= 15 is 0 Å². The molecule has 2 heterocycles. The molecule has 4 rings (SSSR count). The molecule has 1 saturated heterocycles. The molecule has 2 aliphatic heterocycles. The molecule has 0 bridgehead atoms. The second kappa shape index (κ2) is 9.38. The normalized spacial score (nSPS) is 19.5. The van der Waals surface area contributed by atoms with E-state index in [0.29, 0.717) is 16.3 Å². The second-order valence-electron chi connectivity index (χ2n) is 7.06. The summed E-state index contributed by atoms with van der Waals surface area (Å²) < 4.78 is 0. The maximum absolute atomic E-state index is 12.8. The first-order valence-electron chi connectivity index (χ1n) is 9.65. The number of aliphatic carboxylic acids is 1. The summed E-state index contributed by atoms with van der Waals surface area (Å²) in [5.41, 5.74) is 1.43. The van der Waals surface area contributed by atoms with Gasteiger partial charge in [0.1, 0.15) is 17.1 Å². The molecule has 32 heavy (non-hydrogen) atoms. The van der Waals surface area contributed by atoms with Crippen LogP contribution in [0.5, 0.6) is 0 Å². The third-order valence-corrected chi connectivity index (χ3v) is 7.51. The summed E-state index contributed by atoms with van der Waals surface area (Å²) in [6, 6.07) is 15.5. The lowest BCUT2D eigenvalue weighted by Gasteiger charge is -2.49. The first-order valence-corrected chi connectivity index (χ1v) is 11.5. The summed E-state index contributed by atoms with van der Waals surface area (Å²) in [4.78, 5) is 39.8. The van der Waals surface area contributed by atoms with Gasteiger partial charge >= 0.3 is 5.97 Å². The highest BCUT2D eigenvalue weighted by atomic mass is 32.2. The fraction of sp³-hybridized carbons (Fsp3) is 0.182. The zero-order valence-electron chi connectivity index (χ0n) is 16.6. The van der Waals surface area contributed by atoms with Crippen molar-refractivity contribution in [1.82, 2.24) is 10.2 Å². The van der Waals surface area contributed by atoms with Crippen molar-refractivity contribution in [3.63, 3.8) is 0 Å². The molecule has 0 aromatic heterocycles. The molecule has 0 aliphatic carbocycles. The van der Waals surface area contributed by atoms with E-state index in [1.54, 1.807) is 24.3 Å². The number of carbonyl (C=O) groups excluding carboxylic acids is 2. The van der Waals surface area contributed by atoms with Crippen molar-refractivity contribution in [3.05, 3.63) is 70.8 Å². The quantitative estimate of drug-likeness (QED) is 0.323. The van der Waals surface area contributed by atoms with Crippen molar-refractivity contribution in [2.75, 3.05) is 11.1 Å². The van der Waals surface area contributed by atoms with Gasteiger partial charge in [0.2, 0.25) is 5.91 Å². The topological polar surface area (TPSA) is 123 Å². The Bertz CT molecular complexity index is 1130. The van der Waals surface area contributed by atoms with Gasteiger partial charge in [0, 0.05) is 21.2 Å². The van der Waals surface area contributed by atoms with Crippen molar-refractivity contribution in [2.45, 2.75) is 22.7 Å². The Hall–Kier alpha value is -3.42. The molecule has 162 valence electrons. The van der Waals surface area contributed by atoms with Gasteiger partial charge < -0.3 is 10.4 Å². The molecule has 2 amide bonds. The van der Waals surface area contributed by atoms with Gasteiger partial charge in [-0.3, -0.25) is 19.8 Å². The van der Waals surface area contributed by atoms with E-state index < -0.39 is 23.3 Å². The maximum atomic E-state index is 12.8. The Morgan fingerprint density at radius 1 is 1.19 bits per heavy atom. The highest BCUT2D eigenvalue weighted by molar-refractivity contribution is 8.06. The van der Waals surface area contributed by atoms with E-state index in [0.717, 1.165) is 10.5 Å². The summed E-state index contributed by atoms with van der Waals surface area (Å²) in [6.45, 7) is 0. The first-order chi connectivity index (χ1) is 15.5. The van der Waals surface area contributed by atoms with Crippen LogP contribution in [0.3, 0.4) is 0 Å². The molecule has 10 heteroatoms. The highest BCUT2D eigenvalue weighted by Gasteiger charge is 2.54. The van der Waals surface area contributed by atoms with Crippen LogP contribution in [-0.4, -0.2) is 45.0 Å². The molecule has 2 atom stereocenters. The molecular weight excluding hydrogens is 448 g/mol. The summed E-state index contributed by atoms with van der Waals surface area (Å²) in [6.07, 6.45) is 1.99. The van der Waals surface area contributed by atoms with Crippen molar-refractivity contribution in [1.29, 1.82) is 5.26 Å². The molecule has 0 radical (unpaired) electrons. The van der Waals surface area contributed by atoms with Crippen molar-refractivity contribution < 1.29 is 19.5 Å². The predicted molar refractivity (Wildman–Crippen MR) is 121 cm³/mol. The minimum atomic E-state index is -1.18. The zero-order valence-corrected chi connectivity index (χ0v) is 18.3. The third kappa shape index (κ3) is 4.44. The van der Waals surface area contributed by atoms with E-state index in [4.69, 9.17) is 5.26 Å². The van der Waals surface area contributed by atoms with Crippen LogP contribution in [0.4, 0.5) is 5.69 Å². The van der Waals surface area contributed by atoms with Crippen LogP contribution in [0.15, 0.2) is 70.1 Å². The first kappa shape index (κ1) is 21.8. The Morgan fingerprint density at radius 2 is 1.91 bits per heavy atom. The van der Waals surface area contributed by atoms with Gasteiger partial charge in [-0.1, -0.05) is 42.1 Å². The van der Waals surface area contributed by atoms with Gasteiger partial charge in [-0.05, 0) is 29.8 Å². The summed E-state index contributed by atoms with van der Waals surface area (Å²) in [5, 5.41) is 23.3. The molecule has 0 saturated carbocycles. The number of fused-ring (bicyclic) bond motifs is 1. The SMILES string of the molecule is N#CNc1ccc(SC2=C(C(=O)O)N3C(=O)[C@@H](NC(=O)Cc4ccccc4)[C@H]3SC2)cc1. The lowest BCUT2D eigenvalue weighted by atomic mass is 10.0. The summed E-state index contributed by atoms with van der Waals surface area (Å²) in [5.74, 6) is -1.47. The predicted octanol–water partition coefficient (Wildman–Crippen LogP) is 2.61. The second-order valence-corrected chi connectivity index (χ2v) is 9.33. The number of nitrogens with zero attached hydrogens (tertiary/aromatic N) is 2. The van der Waals surface area contributed by atoms with Gasteiger partial charge in [-0.2, -0.15) is 5.26 Å². The Labute approximate surface area is 192 Å². The maximum Gasteiger partial charge on any atom is 0.353 e. The fourth-order valence-corrected chi connectivity index (χ4v) is 5.96. The molecule has 0 spiro atoms. The van der Waals surface area contributed by atoms with Crippen LogP contribution < -0.4 is 10.6 Å².